The Morgan fingerprint density at radius 1 is 1.03 bits per heavy atom. The first kappa shape index (κ1) is 23.5. The molecule has 0 radical (unpaired) electrons. The maximum Gasteiger partial charge on any atom is 0.259 e. The van der Waals surface area contributed by atoms with Gasteiger partial charge in [0.15, 0.2) is 0 Å². The lowest BCUT2D eigenvalue weighted by Crippen LogP contribution is -2.54. The van der Waals surface area contributed by atoms with Crippen LogP contribution in [0.4, 0.5) is 5.69 Å². The van der Waals surface area contributed by atoms with E-state index in [9.17, 15) is 14.4 Å². The third-order valence-electron chi connectivity index (χ3n) is 6.04. The van der Waals surface area contributed by atoms with Gasteiger partial charge in [-0.2, -0.15) is 0 Å². The van der Waals surface area contributed by atoms with Crippen LogP contribution in [-0.4, -0.2) is 40.7 Å². The van der Waals surface area contributed by atoms with Crippen molar-refractivity contribution < 1.29 is 14.4 Å². The van der Waals surface area contributed by atoms with Crippen LogP contribution in [0.1, 0.15) is 49.2 Å². The molecule has 1 aliphatic rings. The van der Waals surface area contributed by atoms with Crippen molar-refractivity contribution in [1.29, 1.82) is 0 Å². The van der Waals surface area contributed by atoms with Crippen LogP contribution in [-0.2, 0) is 16.1 Å². The zero-order valence-electron chi connectivity index (χ0n) is 20.4. The summed E-state index contributed by atoms with van der Waals surface area (Å²) in [7, 11) is 0. The first-order valence-corrected chi connectivity index (χ1v) is 11.6. The Labute approximate surface area is 200 Å². The number of nitrogens with zero attached hydrogens (tertiary/aromatic N) is 2. The molecule has 0 saturated heterocycles. The second-order valence-electron chi connectivity index (χ2n) is 10.00. The summed E-state index contributed by atoms with van der Waals surface area (Å²) in [5.41, 5.74) is 2.92. The first-order valence-electron chi connectivity index (χ1n) is 11.6. The molecule has 1 unspecified atom stereocenters. The summed E-state index contributed by atoms with van der Waals surface area (Å²) < 4.78 is 0. The average molecular weight is 458 g/mol. The van der Waals surface area contributed by atoms with Crippen molar-refractivity contribution >= 4 is 34.2 Å². The Morgan fingerprint density at radius 2 is 1.71 bits per heavy atom. The molecule has 3 aromatic rings. The monoisotopic (exact) mass is 457 g/mol. The van der Waals surface area contributed by atoms with Crippen LogP contribution < -0.4 is 10.2 Å². The molecule has 0 aliphatic carbocycles. The van der Waals surface area contributed by atoms with E-state index in [2.05, 4.69) is 5.32 Å². The van der Waals surface area contributed by atoms with E-state index in [0.717, 1.165) is 27.6 Å². The van der Waals surface area contributed by atoms with Crippen LogP contribution in [0.5, 0.6) is 0 Å². The van der Waals surface area contributed by atoms with Crippen LogP contribution in [0, 0.1) is 6.92 Å². The van der Waals surface area contributed by atoms with Crippen LogP contribution >= 0.6 is 0 Å². The normalized spacial score (nSPS) is 13.8. The number of benzene rings is 3. The Morgan fingerprint density at radius 3 is 2.38 bits per heavy atom. The predicted octanol–water partition coefficient (Wildman–Crippen LogP) is 4.44. The highest BCUT2D eigenvalue weighted by Gasteiger charge is 2.34. The molecule has 176 valence electrons. The summed E-state index contributed by atoms with van der Waals surface area (Å²) in [4.78, 5) is 43.0. The maximum atomic E-state index is 13.7. The molecule has 4 rings (SSSR count). The van der Waals surface area contributed by atoms with Gasteiger partial charge in [0.1, 0.15) is 12.6 Å². The summed E-state index contributed by atoms with van der Waals surface area (Å²) in [5, 5.41) is 4.80. The number of rotatable bonds is 6. The van der Waals surface area contributed by atoms with Crippen molar-refractivity contribution in [3.8, 4) is 0 Å². The molecule has 34 heavy (non-hydrogen) atoms. The fraction of sp³-hybridized carbons (Fsp3) is 0.321. The molecule has 3 aromatic carbocycles. The standard InChI is InChI=1S/C28H31N3O3/c1-18-9-6-10-20(15-18)16-30(19(2)26(33)29-28(3,4)5)24(32)17-31-23-14-8-12-21-11-7-13-22(25(21)23)27(31)34/h6-15,19H,16-17H2,1-5H3,(H,29,33). The molecule has 1 atom stereocenters. The quantitative estimate of drug-likeness (QED) is 0.595. The number of hydrogen-bond donors (Lipinski definition) is 1. The van der Waals surface area contributed by atoms with E-state index in [0.29, 0.717) is 5.56 Å². The van der Waals surface area contributed by atoms with Crippen LogP contribution in [0.2, 0.25) is 0 Å². The zero-order valence-corrected chi connectivity index (χ0v) is 20.4. The van der Waals surface area contributed by atoms with E-state index >= 15 is 0 Å². The van der Waals surface area contributed by atoms with Gasteiger partial charge in [0.25, 0.3) is 5.91 Å². The van der Waals surface area contributed by atoms with Gasteiger partial charge in [-0.1, -0.05) is 54.1 Å². The van der Waals surface area contributed by atoms with Gasteiger partial charge in [-0.05, 0) is 57.7 Å². The number of carbonyl (C=O) groups excluding carboxylic acids is 3. The molecule has 0 bridgehead atoms. The SMILES string of the molecule is Cc1cccc(CN(C(=O)CN2C(=O)c3cccc4cccc2c34)C(C)C(=O)NC(C)(C)C)c1. The molecule has 0 aromatic heterocycles. The van der Waals surface area contributed by atoms with Crippen molar-refractivity contribution in [3.63, 3.8) is 0 Å². The lowest BCUT2D eigenvalue weighted by atomic mass is 10.1. The van der Waals surface area contributed by atoms with E-state index in [1.165, 1.54) is 4.90 Å². The highest BCUT2D eigenvalue weighted by Crippen LogP contribution is 2.37. The molecular weight excluding hydrogens is 426 g/mol. The van der Waals surface area contributed by atoms with Gasteiger partial charge < -0.3 is 10.2 Å². The van der Waals surface area contributed by atoms with Crippen molar-refractivity contribution in [2.75, 3.05) is 11.4 Å². The molecular formula is C28H31N3O3. The number of nitrogens with one attached hydrogen (secondary N) is 1. The molecule has 3 amide bonds. The van der Waals surface area contributed by atoms with Crippen molar-refractivity contribution in [2.45, 2.75) is 52.7 Å². The number of anilines is 1. The lowest BCUT2D eigenvalue weighted by Gasteiger charge is -2.32. The topological polar surface area (TPSA) is 69.7 Å². The Bertz CT molecular complexity index is 1270. The van der Waals surface area contributed by atoms with Gasteiger partial charge in [-0.15, -0.1) is 0 Å². The molecule has 0 fully saturated rings. The highest BCUT2D eigenvalue weighted by molar-refractivity contribution is 6.26. The van der Waals surface area contributed by atoms with Gasteiger partial charge in [0, 0.05) is 23.0 Å². The average Bonchev–Trinajstić information content (AvgIpc) is 3.04. The number of hydrogen-bond acceptors (Lipinski definition) is 3. The molecule has 1 heterocycles. The number of aryl methyl sites for hydroxylation is 1. The highest BCUT2D eigenvalue weighted by atomic mass is 16.2. The van der Waals surface area contributed by atoms with Crippen molar-refractivity contribution in [3.05, 3.63) is 77.4 Å². The van der Waals surface area contributed by atoms with E-state index < -0.39 is 11.6 Å². The van der Waals surface area contributed by atoms with E-state index in [1.807, 2.05) is 82.3 Å². The second kappa shape index (κ2) is 8.93. The third-order valence-corrected chi connectivity index (χ3v) is 6.04. The minimum atomic E-state index is -0.705. The van der Waals surface area contributed by atoms with Gasteiger partial charge in [-0.25, -0.2) is 0 Å². The van der Waals surface area contributed by atoms with Gasteiger partial charge in [0.2, 0.25) is 11.8 Å². The van der Waals surface area contributed by atoms with E-state index in [4.69, 9.17) is 0 Å². The smallest absolute Gasteiger partial charge is 0.259 e. The summed E-state index contributed by atoms with van der Waals surface area (Å²) in [6, 6.07) is 18.5. The summed E-state index contributed by atoms with van der Waals surface area (Å²) in [5.74, 6) is -0.703. The number of carbonyl (C=O) groups is 3. The second-order valence-corrected chi connectivity index (χ2v) is 10.00. The zero-order chi connectivity index (χ0) is 24.6. The minimum Gasteiger partial charge on any atom is -0.350 e. The first-order chi connectivity index (χ1) is 16.0. The Balaban J connectivity index is 1.63. The van der Waals surface area contributed by atoms with Gasteiger partial charge in [-0.3, -0.25) is 19.3 Å². The summed E-state index contributed by atoms with van der Waals surface area (Å²) in [6.07, 6.45) is 0. The molecule has 0 spiro atoms. The lowest BCUT2D eigenvalue weighted by molar-refractivity contribution is -0.140. The van der Waals surface area contributed by atoms with Crippen LogP contribution in [0.3, 0.4) is 0 Å². The van der Waals surface area contributed by atoms with Crippen molar-refractivity contribution in [1.82, 2.24) is 10.2 Å². The van der Waals surface area contributed by atoms with E-state index in [1.54, 1.807) is 17.9 Å². The largest absolute Gasteiger partial charge is 0.350 e. The fourth-order valence-electron chi connectivity index (χ4n) is 4.43. The maximum absolute atomic E-state index is 13.7. The Kier molecular flexibility index (Phi) is 6.17. The fourth-order valence-corrected chi connectivity index (χ4v) is 4.43. The molecule has 6 nitrogen and oxygen atoms in total. The Hall–Kier alpha value is -3.67. The molecule has 0 saturated carbocycles. The predicted molar refractivity (Wildman–Crippen MR) is 135 cm³/mol. The van der Waals surface area contributed by atoms with Gasteiger partial charge >= 0.3 is 0 Å². The third kappa shape index (κ3) is 4.67. The molecule has 1 N–H and O–H groups in total. The van der Waals surface area contributed by atoms with Crippen molar-refractivity contribution in [2.24, 2.45) is 0 Å². The summed E-state index contributed by atoms with van der Waals surface area (Å²) >= 11 is 0. The van der Waals surface area contributed by atoms with Crippen LogP contribution in [0.25, 0.3) is 10.8 Å². The number of amides is 3. The van der Waals surface area contributed by atoms with Crippen LogP contribution in [0.15, 0.2) is 60.7 Å². The molecule has 1 aliphatic heterocycles. The minimum absolute atomic E-state index is 0.133. The molecule has 6 heteroatoms. The van der Waals surface area contributed by atoms with Gasteiger partial charge in [0.05, 0.1) is 5.69 Å². The van der Waals surface area contributed by atoms with E-state index in [-0.39, 0.29) is 30.8 Å². The summed E-state index contributed by atoms with van der Waals surface area (Å²) in [6.45, 7) is 9.59.